The molecule has 154 valence electrons. The lowest BCUT2D eigenvalue weighted by Crippen LogP contribution is -2.44. The minimum atomic E-state index is -0.166. The monoisotopic (exact) mass is 400 g/mol. The van der Waals surface area contributed by atoms with Crippen LogP contribution in [0, 0.1) is 5.92 Å². The van der Waals surface area contributed by atoms with Gasteiger partial charge in [0.25, 0.3) is 0 Å². The summed E-state index contributed by atoms with van der Waals surface area (Å²) in [4.78, 5) is 27.6. The molecule has 0 spiro atoms. The van der Waals surface area contributed by atoms with Crippen LogP contribution in [0.3, 0.4) is 0 Å². The van der Waals surface area contributed by atoms with Crippen LogP contribution in [0.5, 0.6) is 0 Å². The van der Waals surface area contributed by atoms with E-state index >= 15 is 0 Å². The van der Waals surface area contributed by atoms with Gasteiger partial charge in [0.15, 0.2) is 0 Å². The van der Waals surface area contributed by atoms with E-state index in [0.717, 1.165) is 47.8 Å². The molecule has 3 aromatic carbocycles. The van der Waals surface area contributed by atoms with Crippen molar-refractivity contribution in [3.63, 3.8) is 0 Å². The van der Waals surface area contributed by atoms with Crippen molar-refractivity contribution in [1.29, 1.82) is 0 Å². The number of aryl methyl sites for hydroxylation is 1. The van der Waals surface area contributed by atoms with Crippen LogP contribution in [0.2, 0.25) is 0 Å². The molecule has 0 aromatic heterocycles. The minimum Gasteiger partial charge on any atom is -0.342 e. The third-order valence-electron chi connectivity index (χ3n) is 6.00. The SMILES string of the molecule is CCc1ccc(NC(=O)[C@@H]2CCCN(C(=O)Cc3cccc4ccccc34)C2)cc1. The van der Waals surface area contributed by atoms with E-state index in [9.17, 15) is 9.59 Å². The molecule has 4 heteroatoms. The van der Waals surface area contributed by atoms with Gasteiger partial charge in [-0.05, 0) is 53.3 Å². The molecule has 4 nitrogen and oxygen atoms in total. The van der Waals surface area contributed by atoms with Crippen LogP contribution in [0.15, 0.2) is 66.7 Å². The molecule has 1 heterocycles. The van der Waals surface area contributed by atoms with Crippen LogP contribution < -0.4 is 5.32 Å². The molecule has 30 heavy (non-hydrogen) atoms. The average Bonchev–Trinajstić information content (AvgIpc) is 2.80. The number of anilines is 1. The molecule has 0 radical (unpaired) electrons. The fourth-order valence-corrected chi connectivity index (χ4v) is 4.21. The Balaban J connectivity index is 1.40. The van der Waals surface area contributed by atoms with Gasteiger partial charge in [-0.15, -0.1) is 0 Å². The zero-order valence-corrected chi connectivity index (χ0v) is 17.4. The van der Waals surface area contributed by atoms with Crippen molar-refractivity contribution in [1.82, 2.24) is 4.90 Å². The molecule has 1 aliphatic rings. The Kier molecular flexibility index (Phi) is 6.12. The fourth-order valence-electron chi connectivity index (χ4n) is 4.21. The van der Waals surface area contributed by atoms with E-state index in [0.29, 0.717) is 13.0 Å². The molecule has 1 aliphatic heterocycles. The number of carbonyl (C=O) groups excluding carboxylic acids is 2. The minimum absolute atomic E-state index is 0.00177. The Labute approximate surface area is 177 Å². The number of amides is 2. The van der Waals surface area contributed by atoms with Crippen molar-refractivity contribution in [3.05, 3.63) is 77.9 Å². The van der Waals surface area contributed by atoms with Crippen molar-refractivity contribution in [2.75, 3.05) is 18.4 Å². The number of piperidine rings is 1. The summed E-state index contributed by atoms with van der Waals surface area (Å²) in [6.07, 6.45) is 3.02. The highest BCUT2D eigenvalue weighted by Crippen LogP contribution is 2.23. The number of benzene rings is 3. The molecule has 0 unspecified atom stereocenters. The van der Waals surface area contributed by atoms with E-state index < -0.39 is 0 Å². The molecule has 0 bridgehead atoms. The molecule has 1 atom stereocenters. The highest BCUT2D eigenvalue weighted by molar-refractivity contribution is 5.94. The molecule has 2 amide bonds. The summed E-state index contributed by atoms with van der Waals surface area (Å²) in [7, 11) is 0. The lowest BCUT2D eigenvalue weighted by molar-refractivity contribution is -0.133. The summed E-state index contributed by atoms with van der Waals surface area (Å²) in [6, 6.07) is 22.2. The number of hydrogen-bond donors (Lipinski definition) is 1. The summed E-state index contributed by atoms with van der Waals surface area (Å²) >= 11 is 0. The summed E-state index contributed by atoms with van der Waals surface area (Å²) in [6.45, 7) is 3.32. The third-order valence-corrected chi connectivity index (χ3v) is 6.00. The first-order valence-electron chi connectivity index (χ1n) is 10.8. The summed E-state index contributed by atoms with van der Waals surface area (Å²) < 4.78 is 0. The topological polar surface area (TPSA) is 49.4 Å². The zero-order chi connectivity index (χ0) is 20.9. The first-order valence-corrected chi connectivity index (χ1v) is 10.8. The molecule has 1 saturated heterocycles. The Morgan fingerprint density at radius 3 is 2.57 bits per heavy atom. The lowest BCUT2D eigenvalue weighted by Gasteiger charge is -2.32. The van der Waals surface area contributed by atoms with Gasteiger partial charge in [0, 0.05) is 18.8 Å². The van der Waals surface area contributed by atoms with Crippen molar-refractivity contribution < 1.29 is 9.59 Å². The smallest absolute Gasteiger partial charge is 0.229 e. The maximum Gasteiger partial charge on any atom is 0.229 e. The van der Waals surface area contributed by atoms with Gasteiger partial charge in [-0.1, -0.05) is 61.5 Å². The quantitative estimate of drug-likeness (QED) is 0.667. The first-order chi connectivity index (χ1) is 14.6. The van der Waals surface area contributed by atoms with Crippen molar-refractivity contribution in [3.8, 4) is 0 Å². The number of likely N-dealkylation sites (tertiary alicyclic amines) is 1. The van der Waals surface area contributed by atoms with Crippen LogP contribution in [0.25, 0.3) is 10.8 Å². The number of nitrogens with zero attached hydrogens (tertiary/aromatic N) is 1. The summed E-state index contributed by atoms with van der Waals surface area (Å²) in [5, 5.41) is 5.29. The molecule has 1 fully saturated rings. The van der Waals surface area contributed by atoms with E-state index in [1.54, 1.807) is 0 Å². The van der Waals surface area contributed by atoms with E-state index in [4.69, 9.17) is 0 Å². The molecular formula is C26H28N2O2. The highest BCUT2D eigenvalue weighted by atomic mass is 16.2. The number of carbonyl (C=O) groups is 2. The number of fused-ring (bicyclic) bond motifs is 1. The predicted octanol–water partition coefficient (Wildman–Crippen LogP) is 4.82. The second kappa shape index (κ2) is 9.12. The van der Waals surface area contributed by atoms with Crippen LogP contribution in [0.4, 0.5) is 5.69 Å². The Bertz CT molecular complexity index is 1040. The van der Waals surface area contributed by atoms with Gasteiger partial charge in [-0.2, -0.15) is 0 Å². The normalized spacial score (nSPS) is 16.4. The van der Waals surface area contributed by atoms with Gasteiger partial charge in [-0.25, -0.2) is 0 Å². The zero-order valence-electron chi connectivity index (χ0n) is 17.4. The second-order valence-corrected chi connectivity index (χ2v) is 8.03. The Morgan fingerprint density at radius 1 is 1.00 bits per heavy atom. The van der Waals surface area contributed by atoms with E-state index in [1.165, 1.54) is 5.56 Å². The molecule has 0 aliphatic carbocycles. The number of hydrogen-bond acceptors (Lipinski definition) is 2. The Morgan fingerprint density at radius 2 is 1.77 bits per heavy atom. The van der Waals surface area contributed by atoms with Crippen LogP contribution in [0.1, 0.15) is 30.9 Å². The van der Waals surface area contributed by atoms with Crippen molar-refractivity contribution >= 4 is 28.3 Å². The largest absolute Gasteiger partial charge is 0.342 e. The van der Waals surface area contributed by atoms with Gasteiger partial charge >= 0.3 is 0 Å². The van der Waals surface area contributed by atoms with Gasteiger partial charge < -0.3 is 10.2 Å². The molecule has 0 saturated carbocycles. The van der Waals surface area contributed by atoms with Crippen molar-refractivity contribution in [2.45, 2.75) is 32.6 Å². The number of rotatable bonds is 5. The molecule has 3 aromatic rings. The third kappa shape index (κ3) is 4.54. The van der Waals surface area contributed by atoms with Crippen molar-refractivity contribution in [2.24, 2.45) is 5.92 Å². The lowest BCUT2D eigenvalue weighted by atomic mass is 9.95. The predicted molar refractivity (Wildman–Crippen MR) is 121 cm³/mol. The van der Waals surface area contributed by atoms with E-state index in [-0.39, 0.29) is 17.7 Å². The molecular weight excluding hydrogens is 372 g/mol. The first kappa shape index (κ1) is 20.1. The van der Waals surface area contributed by atoms with Gasteiger partial charge in [-0.3, -0.25) is 9.59 Å². The summed E-state index contributed by atoms with van der Waals surface area (Å²) in [5.74, 6) is -0.0702. The van der Waals surface area contributed by atoms with Gasteiger partial charge in [0.05, 0.1) is 12.3 Å². The average molecular weight is 401 g/mol. The van der Waals surface area contributed by atoms with Crippen LogP contribution >= 0.6 is 0 Å². The van der Waals surface area contributed by atoms with Gasteiger partial charge in [0.2, 0.25) is 11.8 Å². The van der Waals surface area contributed by atoms with E-state index in [1.807, 2.05) is 53.4 Å². The second-order valence-electron chi connectivity index (χ2n) is 8.03. The molecule has 4 rings (SSSR count). The molecule has 1 N–H and O–H groups in total. The standard InChI is InChI=1S/C26H28N2O2/c1-2-19-12-14-23(15-13-19)27-26(30)22-10-6-16-28(18-22)25(29)17-21-9-5-8-20-7-3-4-11-24(20)21/h3-5,7-9,11-15,22H,2,6,10,16-18H2,1H3,(H,27,30)/t22-/m1/s1. The fraction of sp³-hybridized carbons (Fsp3) is 0.308. The maximum absolute atomic E-state index is 13.0. The van der Waals surface area contributed by atoms with Crippen LogP contribution in [-0.2, 0) is 22.4 Å². The van der Waals surface area contributed by atoms with Gasteiger partial charge in [0.1, 0.15) is 0 Å². The van der Waals surface area contributed by atoms with E-state index in [2.05, 4.69) is 30.4 Å². The summed E-state index contributed by atoms with van der Waals surface area (Å²) in [5.41, 5.74) is 3.10. The van der Waals surface area contributed by atoms with Crippen LogP contribution in [-0.4, -0.2) is 29.8 Å². The maximum atomic E-state index is 13.0. The number of nitrogens with one attached hydrogen (secondary N) is 1. The Hall–Kier alpha value is -3.14. The highest BCUT2D eigenvalue weighted by Gasteiger charge is 2.28.